The predicted molar refractivity (Wildman–Crippen MR) is 58.6 cm³/mol. The third-order valence-corrected chi connectivity index (χ3v) is 2.04. The molecule has 1 aromatic rings. The lowest BCUT2D eigenvalue weighted by atomic mass is 10.1. The summed E-state index contributed by atoms with van der Waals surface area (Å²) >= 11 is 5.35. The first-order valence-corrected chi connectivity index (χ1v) is 4.62. The summed E-state index contributed by atoms with van der Waals surface area (Å²) in [6, 6.07) is 6.08. The van der Waals surface area contributed by atoms with Crippen molar-refractivity contribution in [2.75, 3.05) is 7.11 Å². The first-order chi connectivity index (χ1) is 7.54. The van der Waals surface area contributed by atoms with Gasteiger partial charge < -0.3 is 4.74 Å². The number of carbonyl (C=O) groups excluding carboxylic acids is 1. The third-order valence-electron chi connectivity index (χ3n) is 1.79. The average molecular weight is 242 g/mol. The molecule has 6 heteroatoms. The van der Waals surface area contributed by atoms with Crippen molar-refractivity contribution in [1.82, 2.24) is 0 Å². The molecule has 0 saturated carbocycles. The maximum atomic E-state index is 11.1. The molecule has 0 unspecified atom stereocenters. The highest BCUT2D eigenvalue weighted by molar-refractivity contribution is 6.29. The van der Waals surface area contributed by atoms with Crippen LogP contribution in [0.15, 0.2) is 29.4 Å². The smallest absolute Gasteiger partial charge is 0.337 e. The van der Waals surface area contributed by atoms with Crippen molar-refractivity contribution in [3.63, 3.8) is 0 Å². The molecule has 0 radical (unpaired) electrons. The van der Waals surface area contributed by atoms with Crippen LogP contribution in [-0.2, 0) is 4.74 Å². The van der Waals surface area contributed by atoms with Gasteiger partial charge in [0.15, 0.2) is 0 Å². The van der Waals surface area contributed by atoms with Gasteiger partial charge in [-0.15, -0.1) is 0 Å². The van der Waals surface area contributed by atoms with Crippen molar-refractivity contribution in [3.05, 3.63) is 50.7 Å². The molecule has 0 saturated heterocycles. The molecule has 0 aromatic heterocycles. The fourth-order valence-electron chi connectivity index (χ4n) is 1.02. The molecule has 84 valence electrons. The standard InChI is InChI=1S/C10H8ClNO4/c1-16-10(13)8-4-2-7(3-5-8)6-9(11)12(14)15/h2-6H,1H3/b9-6+. The summed E-state index contributed by atoms with van der Waals surface area (Å²) in [5.74, 6) is -0.462. The molecule has 0 fully saturated rings. The first-order valence-electron chi connectivity index (χ1n) is 4.24. The maximum absolute atomic E-state index is 11.1. The molecule has 0 spiro atoms. The van der Waals surface area contributed by atoms with Gasteiger partial charge in [0, 0.05) is 6.08 Å². The van der Waals surface area contributed by atoms with E-state index in [0.717, 1.165) is 0 Å². The van der Waals surface area contributed by atoms with Gasteiger partial charge in [0.25, 0.3) is 0 Å². The summed E-state index contributed by atoms with van der Waals surface area (Å²) < 4.78 is 4.51. The zero-order valence-electron chi connectivity index (χ0n) is 8.34. The van der Waals surface area contributed by atoms with E-state index < -0.39 is 16.0 Å². The molecule has 0 aliphatic carbocycles. The number of hydrogen-bond acceptors (Lipinski definition) is 4. The van der Waals surface area contributed by atoms with Gasteiger partial charge in [-0.25, -0.2) is 4.79 Å². The van der Waals surface area contributed by atoms with Gasteiger partial charge in [0.2, 0.25) is 0 Å². The summed E-state index contributed by atoms with van der Waals surface area (Å²) in [7, 11) is 1.28. The molecule has 1 rings (SSSR count). The molecule has 0 amide bonds. The van der Waals surface area contributed by atoms with E-state index in [9.17, 15) is 14.9 Å². The van der Waals surface area contributed by atoms with E-state index in [4.69, 9.17) is 11.6 Å². The van der Waals surface area contributed by atoms with Crippen molar-refractivity contribution in [3.8, 4) is 0 Å². The second kappa shape index (κ2) is 5.27. The highest BCUT2D eigenvalue weighted by Crippen LogP contribution is 2.12. The highest BCUT2D eigenvalue weighted by Gasteiger charge is 2.07. The van der Waals surface area contributed by atoms with E-state index in [0.29, 0.717) is 11.1 Å². The Bertz CT molecular complexity index is 439. The Morgan fingerprint density at radius 1 is 1.44 bits per heavy atom. The summed E-state index contributed by atoms with van der Waals surface area (Å²) in [5.41, 5.74) is 0.909. The van der Waals surface area contributed by atoms with Crippen LogP contribution in [0.1, 0.15) is 15.9 Å². The average Bonchev–Trinajstić information content (AvgIpc) is 2.28. The number of carbonyl (C=O) groups is 1. The molecule has 0 atom stereocenters. The van der Waals surface area contributed by atoms with Gasteiger partial charge in [-0.2, -0.15) is 0 Å². The molecule has 0 N–H and O–H groups in total. The van der Waals surface area contributed by atoms with Crippen LogP contribution in [0.5, 0.6) is 0 Å². The minimum atomic E-state index is -0.699. The van der Waals surface area contributed by atoms with Crippen molar-refractivity contribution in [2.45, 2.75) is 0 Å². The molecule has 1 aromatic carbocycles. The molecular formula is C10H8ClNO4. The quantitative estimate of drug-likeness (QED) is 0.352. The van der Waals surface area contributed by atoms with Crippen LogP contribution in [0.2, 0.25) is 0 Å². The Labute approximate surface area is 96.4 Å². The van der Waals surface area contributed by atoms with Crippen LogP contribution in [0.3, 0.4) is 0 Å². The lowest BCUT2D eigenvalue weighted by Crippen LogP contribution is -2.00. The van der Waals surface area contributed by atoms with Crippen LogP contribution in [0.25, 0.3) is 6.08 Å². The number of benzene rings is 1. The number of esters is 1. The largest absolute Gasteiger partial charge is 0.465 e. The van der Waals surface area contributed by atoms with Crippen molar-refractivity contribution < 1.29 is 14.5 Å². The summed E-state index contributed by atoms with van der Waals surface area (Å²) in [4.78, 5) is 20.6. The Kier molecular flexibility index (Phi) is 4.02. The van der Waals surface area contributed by atoms with Gasteiger partial charge in [-0.1, -0.05) is 12.1 Å². The van der Waals surface area contributed by atoms with E-state index in [1.54, 1.807) is 0 Å². The van der Waals surface area contributed by atoms with Crippen LogP contribution in [-0.4, -0.2) is 18.0 Å². The van der Waals surface area contributed by atoms with Gasteiger partial charge in [0.1, 0.15) is 0 Å². The number of rotatable bonds is 3. The van der Waals surface area contributed by atoms with E-state index in [-0.39, 0.29) is 0 Å². The molecule has 0 aliphatic rings. The molecular weight excluding hydrogens is 234 g/mol. The molecule has 0 aliphatic heterocycles. The fraction of sp³-hybridized carbons (Fsp3) is 0.100. The normalized spacial score (nSPS) is 11.0. The van der Waals surface area contributed by atoms with Gasteiger partial charge in [0.05, 0.1) is 17.6 Å². The van der Waals surface area contributed by atoms with Crippen molar-refractivity contribution in [1.29, 1.82) is 0 Å². The van der Waals surface area contributed by atoms with Crippen LogP contribution in [0.4, 0.5) is 0 Å². The van der Waals surface area contributed by atoms with Crippen molar-refractivity contribution >= 4 is 23.6 Å². The number of ether oxygens (including phenoxy) is 1. The first kappa shape index (κ1) is 12.2. The Morgan fingerprint density at radius 3 is 2.44 bits per heavy atom. The zero-order valence-corrected chi connectivity index (χ0v) is 9.10. The van der Waals surface area contributed by atoms with Crippen molar-refractivity contribution in [2.24, 2.45) is 0 Å². The van der Waals surface area contributed by atoms with E-state index >= 15 is 0 Å². The summed E-state index contributed by atoms with van der Waals surface area (Å²) in [6.45, 7) is 0. The molecule has 16 heavy (non-hydrogen) atoms. The number of nitro groups is 1. The topological polar surface area (TPSA) is 69.4 Å². The minimum Gasteiger partial charge on any atom is -0.465 e. The Hall–Kier alpha value is -1.88. The van der Waals surface area contributed by atoms with Crippen LogP contribution < -0.4 is 0 Å². The van der Waals surface area contributed by atoms with Crippen LogP contribution in [0, 0.1) is 10.1 Å². The second-order valence-electron chi connectivity index (χ2n) is 2.84. The third kappa shape index (κ3) is 3.06. The summed E-state index contributed by atoms with van der Waals surface area (Å²) in [6.07, 6.45) is 1.20. The minimum absolute atomic E-state index is 0.372. The van der Waals surface area contributed by atoms with Gasteiger partial charge >= 0.3 is 11.1 Å². The molecule has 0 bridgehead atoms. The monoisotopic (exact) mass is 241 g/mol. The maximum Gasteiger partial charge on any atom is 0.337 e. The number of nitrogens with zero attached hydrogens (tertiary/aromatic N) is 1. The molecule has 5 nitrogen and oxygen atoms in total. The number of halogens is 1. The zero-order chi connectivity index (χ0) is 12.1. The number of methoxy groups -OCH3 is 1. The summed E-state index contributed by atoms with van der Waals surface area (Å²) in [5, 5.41) is 9.78. The van der Waals surface area contributed by atoms with Gasteiger partial charge in [-0.05, 0) is 29.3 Å². The lowest BCUT2D eigenvalue weighted by Gasteiger charge is -1.98. The Balaban J connectivity index is 2.91. The predicted octanol–water partition coefficient (Wildman–Crippen LogP) is 2.29. The van der Waals surface area contributed by atoms with E-state index in [1.807, 2.05) is 0 Å². The molecule has 0 heterocycles. The highest BCUT2D eigenvalue weighted by atomic mass is 35.5. The second-order valence-corrected chi connectivity index (χ2v) is 3.23. The van der Waals surface area contributed by atoms with E-state index in [2.05, 4.69) is 4.74 Å². The lowest BCUT2D eigenvalue weighted by molar-refractivity contribution is -0.410. The fourth-order valence-corrected chi connectivity index (χ4v) is 1.15. The van der Waals surface area contributed by atoms with Gasteiger partial charge in [-0.3, -0.25) is 10.1 Å². The van der Waals surface area contributed by atoms with Crippen LogP contribution >= 0.6 is 11.6 Å². The Morgan fingerprint density at radius 2 is 2.00 bits per heavy atom. The SMILES string of the molecule is COC(=O)c1ccc(/C=C(\Cl)[N+](=O)[O-])cc1. The van der Waals surface area contributed by atoms with E-state index in [1.165, 1.54) is 37.5 Å². The number of hydrogen-bond donors (Lipinski definition) is 0.